The molecule has 0 N–H and O–H groups in total. The Morgan fingerprint density at radius 2 is 2.07 bits per heavy atom. The maximum Gasteiger partial charge on any atom is 0.173 e. The Kier molecular flexibility index (Phi) is 2.86. The summed E-state index contributed by atoms with van der Waals surface area (Å²) < 4.78 is 1.53. The first-order chi connectivity index (χ1) is 7.31. The van der Waals surface area contributed by atoms with E-state index in [4.69, 9.17) is 0 Å². The quantitative estimate of drug-likeness (QED) is 0.620. The highest BCUT2D eigenvalue weighted by atomic mass is 79.9. The van der Waals surface area contributed by atoms with Crippen molar-refractivity contribution in [2.45, 2.75) is 0 Å². The van der Waals surface area contributed by atoms with Crippen molar-refractivity contribution in [1.29, 1.82) is 0 Å². The normalized spacial score (nSPS) is 10.2. The van der Waals surface area contributed by atoms with Gasteiger partial charge in [0.2, 0.25) is 0 Å². The fourth-order valence-corrected chi connectivity index (χ4v) is 1.48. The van der Waals surface area contributed by atoms with Crippen LogP contribution >= 0.6 is 15.9 Å². The summed E-state index contributed by atoms with van der Waals surface area (Å²) >= 11 is 3.12. The van der Waals surface area contributed by atoms with Crippen LogP contribution < -0.4 is 0 Å². The molecular formula is C9H7BrN4O. The molecule has 0 aliphatic carbocycles. The van der Waals surface area contributed by atoms with Gasteiger partial charge in [0.05, 0.1) is 11.0 Å². The van der Waals surface area contributed by atoms with Crippen LogP contribution in [0.15, 0.2) is 30.6 Å². The van der Waals surface area contributed by atoms with Gasteiger partial charge in [-0.05, 0) is 34.7 Å². The van der Waals surface area contributed by atoms with Gasteiger partial charge in [0, 0.05) is 5.56 Å². The van der Waals surface area contributed by atoms with Gasteiger partial charge in [0.15, 0.2) is 5.78 Å². The largest absolute Gasteiger partial charge is 0.293 e. The summed E-state index contributed by atoms with van der Waals surface area (Å²) in [4.78, 5) is 11.3. The van der Waals surface area contributed by atoms with Gasteiger partial charge in [-0.25, -0.2) is 4.68 Å². The van der Waals surface area contributed by atoms with Crippen molar-refractivity contribution in [3.05, 3.63) is 36.2 Å². The number of rotatable bonds is 3. The van der Waals surface area contributed by atoms with Gasteiger partial charge < -0.3 is 0 Å². The summed E-state index contributed by atoms with van der Waals surface area (Å²) in [5, 5.41) is 11.1. The number of Topliss-reactive ketones (excluding diaryl/α,β-unsaturated/α-hetero) is 1. The fraction of sp³-hybridized carbons (Fsp3) is 0.111. The molecule has 1 aromatic carbocycles. The van der Waals surface area contributed by atoms with Crippen LogP contribution in [0.2, 0.25) is 0 Å². The van der Waals surface area contributed by atoms with E-state index in [1.54, 1.807) is 24.3 Å². The number of benzene rings is 1. The van der Waals surface area contributed by atoms with Crippen molar-refractivity contribution in [1.82, 2.24) is 20.2 Å². The van der Waals surface area contributed by atoms with Crippen LogP contribution in [0.4, 0.5) is 0 Å². The number of hydrogen-bond acceptors (Lipinski definition) is 4. The van der Waals surface area contributed by atoms with Crippen LogP contribution in [-0.2, 0) is 0 Å². The molecule has 0 aliphatic heterocycles. The van der Waals surface area contributed by atoms with Gasteiger partial charge in [-0.15, -0.1) is 5.10 Å². The van der Waals surface area contributed by atoms with E-state index in [9.17, 15) is 4.79 Å². The fourth-order valence-electron chi connectivity index (χ4n) is 1.16. The zero-order valence-electron chi connectivity index (χ0n) is 7.67. The Bertz CT molecular complexity index is 451. The number of nitrogens with zero attached hydrogens (tertiary/aromatic N) is 4. The minimum Gasteiger partial charge on any atom is -0.293 e. The molecule has 5 nitrogen and oxygen atoms in total. The maximum atomic E-state index is 11.3. The summed E-state index contributed by atoms with van der Waals surface area (Å²) in [7, 11) is 0. The summed E-state index contributed by atoms with van der Waals surface area (Å²) in [5.74, 6) is 0.0539. The molecule has 2 aromatic rings. The zero-order chi connectivity index (χ0) is 10.7. The molecule has 2 rings (SSSR count). The van der Waals surface area contributed by atoms with E-state index in [1.165, 1.54) is 11.0 Å². The lowest BCUT2D eigenvalue weighted by atomic mass is 10.1. The van der Waals surface area contributed by atoms with Crippen LogP contribution in [0, 0.1) is 0 Å². The predicted octanol–water partition coefficient (Wildman–Crippen LogP) is 1.24. The van der Waals surface area contributed by atoms with E-state index in [-0.39, 0.29) is 5.78 Å². The van der Waals surface area contributed by atoms with E-state index in [0.29, 0.717) is 10.9 Å². The molecule has 0 fully saturated rings. The number of halogens is 1. The summed E-state index contributed by atoms with van der Waals surface area (Å²) in [6.07, 6.45) is 1.50. The molecule has 15 heavy (non-hydrogen) atoms. The second kappa shape index (κ2) is 4.31. The Labute approximate surface area is 94.2 Å². The van der Waals surface area contributed by atoms with Gasteiger partial charge >= 0.3 is 0 Å². The van der Waals surface area contributed by atoms with Crippen LogP contribution in [0.3, 0.4) is 0 Å². The number of alkyl halides is 1. The third-order valence-electron chi connectivity index (χ3n) is 1.92. The Balaban J connectivity index is 2.29. The smallest absolute Gasteiger partial charge is 0.173 e. The van der Waals surface area contributed by atoms with Crippen LogP contribution in [0.1, 0.15) is 10.4 Å². The molecule has 0 amide bonds. The lowest BCUT2D eigenvalue weighted by molar-refractivity contribution is 0.102. The highest BCUT2D eigenvalue weighted by molar-refractivity contribution is 9.09. The van der Waals surface area contributed by atoms with Crippen molar-refractivity contribution in [3.8, 4) is 5.69 Å². The highest BCUT2D eigenvalue weighted by Gasteiger charge is 2.04. The summed E-state index contributed by atoms with van der Waals surface area (Å²) in [5.41, 5.74) is 1.50. The average Bonchev–Trinajstić information content (AvgIpc) is 2.82. The van der Waals surface area contributed by atoms with Crippen LogP contribution in [0.25, 0.3) is 5.69 Å². The number of carbonyl (C=O) groups excluding carboxylic acids is 1. The number of ketones is 1. The van der Waals surface area contributed by atoms with Gasteiger partial charge in [-0.1, -0.05) is 15.9 Å². The van der Waals surface area contributed by atoms with Gasteiger partial charge in [0.25, 0.3) is 0 Å². The molecule has 1 heterocycles. The number of carbonyl (C=O) groups is 1. The molecular weight excluding hydrogens is 260 g/mol. The van der Waals surface area contributed by atoms with Crippen LogP contribution in [-0.4, -0.2) is 31.3 Å². The first-order valence-electron chi connectivity index (χ1n) is 4.24. The molecule has 6 heteroatoms. The van der Waals surface area contributed by atoms with E-state index in [1.807, 2.05) is 0 Å². The molecule has 0 saturated carbocycles. The minimum absolute atomic E-state index is 0.0539. The lowest BCUT2D eigenvalue weighted by Crippen LogP contribution is -2.01. The number of tetrazole rings is 1. The van der Waals surface area contributed by atoms with E-state index in [0.717, 1.165) is 5.69 Å². The number of aromatic nitrogens is 4. The highest BCUT2D eigenvalue weighted by Crippen LogP contribution is 2.08. The van der Waals surface area contributed by atoms with Crippen molar-refractivity contribution in [2.75, 3.05) is 5.33 Å². The Hall–Kier alpha value is -1.56. The first-order valence-corrected chi connectivity index (χ1v) is 5.36. The zero-order valence-corrected chi connectivity index (χ0v) is 9.25. The van der Waals surface area contributed by atoms with Crippen molar-refractivity contribution in [3.63, 3.8) is 0 Å². The lowest BCUT2D eigenvalue weighted by Gasteiger charge is -2.00. The summed E-state index contributed by atoms with van der Waals surface area (Å²) in [6, 6.07) is 7.10. The van der Waals surface area contributed by atoms with Gasteiger partial charge in [-0.2, -0.15) is 0 Å². The second-order valence-electron chi connectivity index (χ2n) is 2.86. The molecule has 0 bridgehead atoms. The Morgan fingerprint density at radius 3 is 2.60 bits per heavy atom. The monoisotopic (exact) mass is 266 g/mol. The minimum atomic E-state index is 0.0539. The van der Waals surface area contributed by atoms with Gasteiger partial charge in [0.1, 0.15) is 6.33 Å². The third kappa shape index (κ3) is 2.10. The average molecular weight is 267 g/mol. The molecule has 0 spiro atoms. The molecule has 1 aromatic heterocycles. The molecule has 0 radical (unpaired) electrons. The number of hydrogen-bond donors (Lipinski definition) is 0. The third-order valence-corrected chi connectivity index (χ3v) is 2.43. The van der Waals surface area contributed by atoms with E-state index >= 15 is 0 Å². The first kappa shape index (κ1) is 9.97. The van der Waals surface area contributed by atoms with E-state index < -0.39 is 0 Å². The maximum absolute atomic E-state index is 11.3. The Morgan fingerprint density at radius 1 is 1.33 bits per heavy atom. The van der Waals surface area contributed by atoms with Crippen molar-refractivity contribution in [2.24, 2.45) is 0 Å². The SMILES string of the molecule is O=C(CBr)c1ccc(-n2cnnn2)cc1. The predicted molar refractivity (Wildman–Crippen MR) is 57.3 cm³/mol. The molecule has 0 aliphatic rings. The van der Waals surface area contributed by atoms with Crippen molar-refractivity contribution < 1.29 is 4.79 Å². The summed E-state index contributed by atoms with van der Waals surface area (Å²) in [6.45, 7) is 0. The van der Waals surface area contributed by atoms with Gasteiger partial charge in [-0.3, -0.25) is 4.79 Å². The molecule has 0 unspecified atom stereocenters. The molecule has 0 atom stereocenters. The topological polar surface area (TPSA) is 60.7 Å². The molecule has 0 saturated heterocycles. The van der Waals surface area contributed by atoms with E-state index in [2.05, 4.69) is 31.5 Å². The van der Waals surface area contributed by atoms with Crippen molar-refractivity contribution >= 4 is 21.7 Å². The van der Waals surface area contributed by atoms with Crippen LogP contribution in [0.5, 0.6) is 0 Å². The standard InChI is InChI=1S/C9H7BrN4O/c10-5-9(15)7-1-3-8(4-2-7)14-6-11-12-13-14/h1-4,6H,5H2. The molecule has 76 valence electrons. The second-order valence-corrected chi connectivity index (χ2v) is 3.42.